The first-order chi connectivity index (χ1) is 34.9. The van der Waals surface area contributed by atoms with E-state index in [1.165, 1.54) is 19.8 Å². The number of carbonyl (C=O) groups is 4. The van der Waals surface area contributed by atoms with Gasteiger partial charge in [-0.1, -0.05) is 60.5 Å². The molecule has 2 aliphatic carbocycles. The van der Waals surface area contributed by atoms with Crippen LogP contribution in [0.2, 0.25) is 0 Å². The first kappa shape index (κ1) is 49.2. The van der Waals surface area contributed by atoms with E-state index in [1.54, 1.807) is 0 Å². The highest BCUT2D eigenvalue weighted by Gasteiger charge is 2.48. The van der Waals surface area contributed by atoms with E-state index >= 15 is 0 Å². The molecule has 2 aromatic heterocycles. The normalized spacial score (nSPS) is 28.9. The Morgan fingerprint density at radius 2 is 1.29 bits per heavy atom. The molecule has 4 amide bonds. The lowest BCUT2D eigenvalue weighted by Gasteiger charge is -2.40. The number of nitrogens with one attached hydrogen (secondary N) is 4. The Morgan fingerprint density at radius 3 is 1.90 bits per heavy atom. The summed E-state index contributed by atoms with van der Waals surface area (Å²) in [5.74, 6) is 4.22. The Labute approximate surface area is 421 Å². The quantitative estimate of drug-likeness (QED) is 0.0706. The number of hydrogen-bond acceptors (Lipinski definition) is 10. The van der Waals surface area contributed by atoms with Crippen LogP contribution < -0.4 is 10.6 Å². The summed E-state index contributed by atoms with van der Waals surface area (Å²) in [5.41, 5.74) is 7.09. The van der Waals surface area contributed by atoms with Crippen LogP contribution in [-0.2, 0) is 35.0 Å². The van der Waals surface area contributed by atoms with Gasteiger partial charge >= 0.3 is 12.2 Å². The molecule has 4 saturated heterocycles. The van der Waals surface area contributed by atoms with Crippen LogP contribution in [0.3, 0.4) is 0 Å². The molecular weight excluding hydrogens is 913 g/mol. The summed E-state index contributed by atoms with van der Waals surface area (Å²) in [7, 11) is 2.64. The van der Waals surface area contributed by atoms with E-state index in [4.69, 9.17) is 35.3 Å². The average molecular weight is 981 g/mol. The van der Waals surface area contributed by atoms with Gasteiger partial charge in [-0.25, -0.2) is 19.6 Å². The van der Waals surface area contributed by atoms with Crippen molar-refractivity contribution in [1.82, 2.24) is 40.4 Å². The van der Waals surface area contributed by atoms with Crippen molar-refractivity contribution in [3.05, 3.63) is 84.2 Å². The molecule has 16 nitrogen and oxygen atoms in total. The van der Waals surface area contributed by atoms with Gasteiger partial charge in [-0.3, -0.25) is 9.59 Å². The molecule has 6 heterocycles. The zero-order valence-electron chi connectivity index (χ0n) is 42.0. The van der Waals surface area contributed by atoms with Crippen LogP contribution in [0.1, 0.15) is 109 Å². The number of methoxy groups -OCH3 is 2. The van der Waals surface area contributed by atoms with Gasteiger partial charge in [0.2, 0.25) is 11.8 Å². The Hall–Kier alpha value is -6.44. The standard InChI is InChI=1S/C56H68N8O8/c1-7-43-25-41(27-48(72-43)39-20-21-39)51(62-56(68)70-6)53(65)63-31(2)8-22-42(63)28-49-57-29-44(59-49)36-14-10-34(11-15-36)35-12-16-37(17-13-35)45-30-58-52(60-45)46-23-9-32(3)64(46)54(66)50(61-55(67)69-5)40-24-33(4)71-47(26-40)38-18-19-38/h1,10-18,29-33,39-43,46-48,50-51H,8-9,19-28H2,2-6H3,(H,57,59)(H,58,60)(H,61,67)(H,62,68)/t31-,32-,33+,40?,41+,42-,43?,46-,47-,48-,50-,51-/m0/s1. The summed E-state index contributed by atoms with van der Waals surface area (Å²) in [6.07, 6.45) is 19.4. The van der Waals surface area contributed by atoms with Gasteiger partial charge < -0.3 is 49.3 Å². The Morgan fingerprint density at radius 1 is 0.722 bits per heavy atom. The van der Waals surface area contributed by atoms with Crippen molar-refractivity contribution >= 4 is 24.0 Å². The number of imidazole rings is 2. The summed E-state index contributed by atoms with van der Waals surface area (Å²) < 4.78 is 22.4. The molecule has 4 aromatic rings. The first-order valence-corrected chi connectivity index (χ1v) is 26.0. The summed E-state index contributed by atoms with van der Waals surface area (Å²) in [6.45, 7) is 6.17. The van der Waals surface area contributed by atoms with Crippen molar-refractivity contribution in [2.24, 2.45) is 17.8 Å². The molecule has 0 radical (unpaired) electrons. The molecule has 4 aliphatic heterocycles. The molecule has 72 heavy (non-hydrogen) atoms. The number of allylic oxidation sites excluding steroid dienone is 1. The third-order valence-corrected chi connectivity index (χ3v) is 16.2. The number of likely N-dealkylation sites (tertiary alicyclic amines) is 2. The van der Waals surface area contributed by atoms with Gasteiger partial charge in [-0.15, -0.1) is 6.42 Å². The molecule has 10 rings (SSSR count). The molecule has 2 unspecified atom stereocenters. The molecule has 0 bridgehead atoms. The van der Waals surface area contributed by atoms with E-state index in [0.717, 1.165) is 90.2 Å². The molecule has 1 saturated carbocycles. The van der Waals surface area contributed by atoms with Crippen LogP contribution in [0.15, 0.2) is 72.6 Å². The van der Waals surface area contributed by atoms with Crippen molar-refractivity contribution in [3.8, 4) is 46.0 Å². The van der Waals surface area contributed by atoms with Gasteiger partial charge in [-0.2, -0.15) is 0 Å². The number of nitrogens with zero attached hydrogens (tertiary/aromatic N) is 4. The molecule has 0 spiro atoms. The second-order valence-corrected chi connectivity index (χ2v) is 21.1. The number of carbonyl (C=O) groups excluding carboxylic acids is 4. The van der Waals surface area contributed by atoms with Gasteiger partial charge in [0.1, 0.15) is 29.8 Å². The molecule has 12 atom stereocenters. The monoisotopic (exact) mass is 981 g/mol. The smallest absolute Gasteiger partial charge is 0.407 e. The maximum Gasteiger partial charge on any atom is 0.407 e. The number of benzene rings is 2. The van der Waals surface area contributed by atoms with Gasteiger partial charge in [0.25, 0.3) is 0 Å². The van der Waals surface area contributed by atoms with E-state index in [0.29, 0.717) is 38.0 Å². The van der Waals surface area contributed by atoms with Crippen molar-refractivity contribution in [1.29, 1.82) is 0 Å². The molecule has 2 aromatic carbocycles. The third-order valence-electron chi connectivity index (χ3n) is 16.2. The van der Waals surface area contributed by atoms with Crippen molar-refractivity contribution < 1.29 is 38.1 Å². The lowest BCUT2D eigenvalue weighted by molar-refractivity contribution is -0.141. The number of H-pyrrole nitrogens is 2. The highest BCUT2D eigenvalue weighted by atomic mass is 16.5. The molecule has 16 heteroatoms. The second kappa shape index (κ2) is 21.0. The van der Waals surface area contributed by atoms with Crippen molar-refractivity contribution in [2.75, 3.05) is 14.2 Å². The van der Waals surface area contributed by atoms with E-state index in [-0.39, 0.29) is 66.1 Å². The number of amides is 4. The van der Waals surface area contributed by atoms with Crippen molar-refractivity contribution in [3.63, 3.8) is 0 Å². The number of aromatic nitrogens is 4. The lowest BCUT2D eigenvalue weighted by Crippen LogP contribution is -2.57. The number of hydrogen-bond donors (Lipinski definition) is 4. The number of terminal acetylenes is 1. The van der Waals surface area contributed by atoms with Crippen LogP contribution >= 0.6 is 0 Å². The summed E-state index contributed by atoms with van der Waals surface area (Å²) in [4.78, 5) is 75.0. The van der Waals surface area contributed by atoms with Gasteiger partial charge in [0.05, 0.1) is 62.4 Å². The molecule has 4 N–H and O–H groups in total. The third kappa shape index (κ3) is 10.5. The number of aromatic amines is 2. The number of rotatable bonds is 14. The fourth-order valence-corrected chi connectivity index (χ4v) is 12.1. The number of ether oxygens (including phenoxy) is 4. The Balaban J connectivity index is 0.783. The minimum Gasteiger partial charge on any atom is -0.453 e. The summed E-state index contributed by atoms with van der Waals surface area (Å²) in [5, 5.41) is 5.82. The van der Waals surface area contributed by atoms with E-state index in [1.807, 2.05) is 29.1 Å². The van der Waals surface area contributed by atoms with E-state index < -0.39 is 30.4 Å². The SMILES string of the molecule is C#CC1C[C@@H]([C@H](NC(=O)OC)C(=O)N2[C@H](Cc3ncc(-c4ccc(-c5ccc(-c6cnc([C@@H]7CC[C@H](C)N7C(=O)[C@@H](NC(=O)OC)C7C[C@@H](C)O[C@H](C8=CC8)C7)[nH]6)cc5)cc4)[nH]3)CC[C@@H]2C)C[C@@H](C2CC2)O1. The van der Waals surface area contributed by atoms with Gasteiger partial charge in [0.15, 0.2) is 0 Å². The van der Waals surface area contributed by atoms with Gasteiger partial charge in [0, 0.05) is 24.5 Å². The topological polar surface area (TPSA) is 193 Å². The van der Waals surface area contributed by atoms with Crippen LogP contribution in [0, 0.1) is 30.1 Å². The minimum atomic E-state index is -0.777. The Bertz CT molecular complexity index is 2690. The Kier molecular flexibility index (Phi) is 14.3. The molecule has 5 fully saturated rings. The minimum absolute atomic E-state index is 0.00791. The zero-order valence-corrected chi connectivity index (χ0v) is 42.0. The summed E-state index contributed by atoms with van der Waals surface area (Å²) >= 11 is 0. The highest BCUT2D eigenvalue weighted by Crippen LogP contribution is 2.44. The predicted octanol–water partition coefficient (Wildman–Crippen LogP) is 8.28. The molecule has 380 valence electrons. The first-order valence-electron chi connectivity index (χ1n) is 26.0. The molecular formula is C56H68N8O8. The average Bonchev–Trinajstić information content (AvgIpc) is 4.25. The predicted molar refractivity (Wildman–Crippen MR) is 270 cm³/mol. The van der Waals surface area contributed by atoms with Crippen LogP contribution in [-0.4, -0.2) is 123 Å². The van der Waals surface area contributed by atoms with Crippen LogP contribution in [0.4, 0.5) is 9.59 Å². The van der Waals surface area contributed by atoms with E-state index in [9.17, 15) is 19.2 Å². The zero-order chi connectivity index (χ0) is 50.2. The lowest BCUT2D eigenvalue weighted by atomic mass is 9.83. The molecule has 6 aliphatic rings. The van der Waals surface area contributed by atoms with Gasteiger partial charge in [-0.05, 0) is 137 Å². The maximum atomic E-state index is 14.6. The largest absolute Gasteiger partial charge is 0.453 e. The van der Waals surface area contributed by atoms with Crippen LogP contribution in [0.25, 0.3) is 33.6 Å². The summed E-state index contributed by atoms with van der Waals surface area (Å²) in [6, 6.07) is 14.8. The fraction of sp³-hybridized carbons (Fsp3) is 0.536. The second-order valence-electron chi connectivity index (χ2n) is 21.1. The maximum absolute atomic E-state index is 14.6. The highest BCUT2D eigenvalue weighted by molar-refractivity contribution is 5.88. The number of alkyl carbamates (subject to hydrolysis) is 2. The van der Waals surface area contributed by atoms with Crippen LogP contribution in [0.5, 0.6) is 0 Å². The van der Waals surface area contributed by atoms with E-state index in [2.05, 4.69) is 95.0 Å². The van der Waals surface area contributed by atoms with Crippen molar-refractivity contribution in [2.45, 2.75) is 158 Å². The fourth-order valence-electron chi connectivity index (χ4n) is 12.1.